The molecule has 0 unspecified atom stereocenters. The maximum atomic E-state index is 13.6. The third kappa shape index (κ3) is 6.19. The van der Waals surface area contributed by atoms with Gasteiger partial charge in [0.15, 0.2) is 0 Å². The molecule has 1 fully saturated rings. The molecule has 3 aromatic rings. The fraction of sp³-hybridized carbons (Fsp3) is 0.500. The van der Waals surface area contributed by atoms with Gasteiger partial charge in [-0.25, -0.2) is 4.68 Å². The topological polar surface area (TPSA) is 88.3 Å². The number of likely N-dealkylation sites (N-methyl/N-ethyl adjacent to an activating group) is 1. The number of hydrogen-bond acceptors (Lipinski definition) is 8. The summed E-state index contributed by atoms with van der Waals surface area (Å²) in [4.78, 5) is 30.1. The van der Waals surface area contributed by atoms with Crippen molar-refractivity contribution in [1.82, 2.24) is 24.6 Å². The Bertz CT molecular complexity index is 1470. The van der Waals surface area contributed by atoms with E-state index >= 15 is 0 Å². The number of rotatable bonds is 4. The number of pyridine rings is 1. The van der Waals surface area contributed by atoms with E-state index in [1.165, 1.54) is 0 Å². The number of benzene rings is 1. The molecule has 0 spiro atoms. The number of ether oxygens (including phenoxy) is 2. The van der Waals surface area contributed by atoms with Crippen molar-refractivity contribution in [2.75, 3.05) is 64.4 Å². The first kappa shape index (κ1) is 28.4. The molecule has 0 saturated carbocycles. The molecule has 2 aromatic heterocycles. The summed E-state index contributed by atoms with van der Waals surface area (Å²) in [6.45, 7) is 11.4. The molecular weight excluding hydrogens is 530 g/mol. The summed E-state index contributed by atoms with van der Waals surface area (Å²) in [7, 11) is 4.03. The zero-order valence-electron chi connectivity index (χ0n) is 25.2. The fourth-order valence-electron chi connectivity index (χ4n) is 6.00. The van der Waals surface area contributed by atoms with E-state index in [9.17, 15) is 4.79 Å². The lowest BCUT2D eigenvalue weighted by Crippen LogP contribution is -2.45. The Kier molecular flexibility index (Phi) is 8.26. The van der Waals surface area contributed by atoms with Gasteiger partial charge in [-0.05, 0) is 56.5 Å². The molecule has 222 valence electrons. The number of piperazine rings is 1. The van der Waals surface area contributed by atoms with Crippen molar-refractivity contribution in [3.05, 3.63) is 53.3 Å². The molecule has 0 radical (unpaired) electrons. The van der Waals surface area contributed by atoms with Crippen LogP contribution in [0.15, 0.2) is 41.5 Å². The van der Waals surface area contributed by atoms with Crippen molar-refractivity contribution in [2.45, 2.75) is 33.1 Å². The van der Waals surface area contributed by atoms with Crippen LogP contribution in [0.3, 0.4) is 0 Å². The third-order valence-electron chi connectivity index (χ3n) is 8.45. The Hall–Kier alpha value is -3.76. The number of fused-ring (bicyclic) bond motifs is 7. The Morgan fingerprint density at radius 3 is 2.76 bits per heavy atom. The van der Waals surface area contributed by atoms with E-state index in [4.69, 9.17) is 19.5 Å². The first-order valence-corrected chi connectivity index (χ1v) is 15.0. The van der Waals surface area contributed by atoms with Crippen LogP contribution in [0.5, 0.6) is 11.6 Å². The number of amides is 1. The highest BCUT2D eigenvalue weighted by atomic mass is 16.5. The van der Waals surface area contributed by atoms with Crippen molar-refractivity contribution in [3.63, 3.8) is 0 Å². The predicted molar refractivity (Wildman–Crippen MR) is 164 cm³/mol. The van der Waals surface area contributed by atoms with Gasteiger partial charge in [-0.1, -0.05) is 13.0 Å². The number of hydrogen-bond donors (Lipinski definition) is 0. The summed E-state index contributed by atoms with van der Waals surface area (Å²) < 4.78 is 14.2. The third-order valence-corrected chi connectivity index (χ3v) is 8.45. The van der Waals surface area contributed by atoms with E-state index in [-0.39, 0.29) is 5.91 Å². The van der Waals surface area contributed by atoms with Crippen LogP contribution in [-0.4, -0.2) is 95.8 Å². The number of amidine groups is 1. The van der Waals surface area contributed by atoms with Crippen molar-refractivity contribution in [1.29, 1.82) is 0 Å². The van der Waals surface area contributed by atoms with E-state index in [1.54, 1.807) is 23.0 Å². The number of aromatic nitrogens is 3. The lowest BCUT2D eigenvalue weighted by Gasteiger charge is -2.32. The molecule has 1 aromatic carbocycles. The molecule has 10 heteroatoms. The van der Waals surface area contributed by atoms with Gasteiger partial charge in [0.2, 0.25) is 5.88 Å². The normalized spacial score (nSPS) is 20.1. The van der Waals surface area contributed by atoms with Gasteiger partial charge in [-0.3, -0.25) is 14.7 Å². The quantitative estimate of drug-likeness (QED) is 0.467. The second-order valence-corrected chi connectivity index (χ2v) is 11.9. The van der Waals surface area contributed by atoms with Gasteiger partial charge in [0, 0.05) is 75.7 Å². The van der Waals surface area contributed by atoms with Crippen LogP contribution in [0.4, 0.5) is 5.69 Å². The molecule has 1 atom stereocenters. The number of carbonyl (C=O) groups excluding carboxylic acids is 1. The molecule has 3 aliphatic rings. The summed E-state index contributed by atoms with van der Waals surface area (Å²) in [5.74, 6) is 2.39. The highest BCUT2D eigenvalue weighted by Crippen LogP contribution is 2.35. The van der Waals surface area contributed by atoms with E-state index in [0.29, 0.717) is 42.7 Å². The van der Waals surface area contributed by atoms with E-state index in [2.05, 4.69) is 45.9 Å². The van der Waals surface area contributed by atoms with Crippen molar-refractivity contribution >= 4 is 17.4 Å². The molecular formula is C32H41N7O3. The highest BCUT2D eigenvalue weighted by Gasteiger charge is 2.29. The van der Waals surface area contributed by atoms with Gasteiger partial charge in [-0.2, -0.15) is 10.1 Å². The molecule has 3 aliphatic heterocycles. The predicted octanol–water partition coefficient (Wildman–Crippen LogP) is 3.83. The fourth-order valence-corrected chi connectivity index (χ4v) is 6.00. The molecule has 0 aliphatic carbocycles. The first-order valence-electron chi connectivity index (χ1n) is 15.0. The summed E-state index contributed by atoms with van der Waals surface area (Å²) in [5.41, 5.74) is 4.93. The molecule has 6 rings (SSSR count). The zero-order chi connectivity index (χ0) is 29.2. The Morgan fingerprint density at radius 2 is 1.93 bits per heavy atom. The monoisotopic (exact) mass is 571 g/mol. The summed E-state index contributed by atoms with van der Waals surface area (Å²) in [6.07, 6.45) is 4.24. The van der Waals surface area contributed by atoms with Crippen LogP contribution in [0.2, 0.25) is 0 Å². The van der Waals surface area contributed by atoms with Crippen LogP contribution in [0, 0.1) is 12.8 Å². The van der Waals surface area contributed by atoms with Gasteiger partial charge in [0.05, 0.1) is 24.1 Å². The number of aryl methyl sites for hydroxylation is 2. The van der Waals surface area contributed by atoms with Gasteiger partial charge in [0.1, 0.15) is 18.2 Å². The standard InChI is InChI=1S/C32H41N7O3/c1-22-6-5-14-42-32-27(20-33-37(32)4)28-17-25(16-23(2)34-28)31(40)35-30-18-24-7-8-26(19-29(24)39(30)21-22)41-15-13-38-11-9-36(3)10-12-38/h7-8,16-17,19-20,22H,5-6,9-15,18,21H2,1-4H3/t22-/m1/s1. The second kappa shape index (κ2) is 12.2. The summed E-state index contributed by atoms with van der Waals surface area (Å²) >= 11 is 0. The minimum absolute atomic E-state index is 0.271. The first-order chi connectivity index (χ1) is 20.3. The van der Waals surface area contributed by atoms with Crippen LogP contribution < -0.4 is 14.4 Å². The minimum atomic E-state index is -0.271. The largest absolute Gasteiger partial charge is 0.492 e. The van der Waals surface area contributed by atoms with Crippen LogP contribution in [-0.2, 0) is 13.5 Å². The Labute approximate surface area is 247 Å². The minimum Gasteiger partial charge on any atom is -0.492 e. The Balaban J connectivity index is 1.26. The smallest absolute Gasteiger partial charge is 0.278 e. The van der Waals surface area contributed by atoms with Gasteiger partial charge >= 0.3 is 0 Å². The molecule has 1 saturated heterocycles. The number of nitrogens with zero attached hydrogens (tertiary/aromatic N) is 7. The van der Waals surface area contributed by atoms with Crippen molar-refractivity contribution in [3.8, 4) is 22.9 Å². The lowest BCUT2D eigenvalue weighted by atomic mass is 10.1. The average Bonchev–Trinajstić information content (AvgIpc) is 3.50. The van der Waals surface area contributed by atoms with Crippen molar-refractivity contribution < 1.29 is 14.3 Å². The SMILES string of the molecule is Cc1cc2cc(n1)-c1cnn(C)c1OCCC[C@@H](C)CN1C(=NC2=O)Cc2ccc(OCCN3CCN(C)CC3)cc21. The molecule has 42 heavy (non-hydrogen) atoms. The van der Waals surface area contributed by atoms with Crippen LogP contribution in [0.25, 0.3) is 11.3 Å². The summed E-state index contributed by atoms with van der Waals surface area (Å²) in [6, 6.07) is 9.88. The van der Waals surface area contributed by atoms with Gasteiger partial charge < -0.3 is 19.3 Å². The van der Waals surface area contributed by atoms with Crippen LogP contribution in [0.1, 0.15) is 41.4 Å². The van der Waals surface area contributed by atoms with E-state index < -0.39 is 0 Å². The van der Waals surface area contributed by atoms with E-state index in [0.717, 1.165) is 86.2 Å². The van der Waals surface area contributed by atoms with E-state index in [1.807, 2.05) is 20.0 Å². The number of anilines is 1. The molecule has 5 heterocycles. The number of carbonyl (C=O) groups is 1. The molecule has 1 amide bonds. The van der Waals surface area contributed by atoms with Crippen molar-refractivity contribution in [2.24, 2.45) is 18.0 Å². The van der Waals surface area contributed by atoms with Crippen LogP contribution >= 0.6 is 0 Å². The average molecular weight is 572 g/mol. The van der Waals surface area contributed by atoms with Gasteiger partial charge in [0.25, 0.3) is 5.91 Å². The summed E-state index contributed by atoms with van der Waals surface area (Å²) in [5, 5.41) is 4.40. The maximum absolute atomic E-state index is 13.6. The molecule has 0 N–H and O–H groups in total. The lowest BCUT2D eigenvalue weighted by molar-refractivity contribution is 0.100. The molecule has 10 nitrogen and oxygen atoms in total. The number of aliphatic imine (C=N–C) groups is 1. The maximum Gasteiger partial charge on any atom is 0.278 e. The zero-order valence-corrected chi connectivity index (χ0v) is 25.2. The highest BCUT2D eigenvalue weighted by molar-refractivity contribution is 6.12. The molecule has 2 bridgehead atoms. The second-order valence-electron chi connectivity index (χ2n) is 11.9. The Morgan fingerprint density at radius 1 is 1.10 bits per heavy atom. The van der Waals surface area contributed by atoms with Gasteiger partial charge in [-0.15, -0.1) is 0 Å².